The number of likely N-dealkylation sites (N-methyl/N-ethyl adjacent to an activating group) is 2. The number of carbonyl (C=O) groups excluding carboxylic acids is 9. The van der Waals surface area contributed by atoms with E-state index < -0.39 is 172 Å². The van der Waals surface area contributed by atoms with Gasteiger partial charge in [-0.2, -0.15) is 0 Å². The summed E-state index contributed by atoms with van der Waals surface area (Å²) in [4.78, 5) is 145. The SMILES string of the molecule is CC[C@H]1OC(=O)[C@@](C)(F)C(=O)[C@H](C)[C@@H](OC2O[C@H](C)C[C@H](N(C)C)[C@H]2O)[C@@](C)(OC)C[C@@H](C)C(=O)[C@H](C)[C@H]2N(CCCCc3ccnc4ccccc34)C(=O)O[C@]12CC.CC[C@H]1OC(=O)[C@H](C)C(=O)[C@H](C)[C@@H](OC2O[C@H](C)C[C@H](N(C)C)[C@H]2OC(=O)c2ccccc2)[C@@](C)(OC)C[C@@H](C)C(=O)[C@H](C)[C@H]2N(CCCCc3ccnc4ccccc34)C(=O)O[C@]12CC. The van der Waals surface area contributed by atoms with Crippen LogP contribution in [0.25, 0.3) is 21.8 Å². The summed E-state index contributed by atoms with van der Waals surface area (Å²) in [5.41, 5.74) is -4.40. The van der Waals surface area contributed by atoms with Crippen molar-refractivity contribution in [1.82, 2.24) is 29.6 Å². The normalized spacial score (nSPS) is 35.5. The van der Waals surface area contributed by atoms with Crippen LogP contribution in [0.5, 0.6) is 0 Å². The topological polar surface area (TPSA) is 314 Å². The standard InChI is InChI=1S/C52H71N3O11.C45H66FN3O10/c1-12-41-52(13-2)45(55(50(60)66-52)28-20-19-21-36-26-27-53-39-25-18-17-24-38(36)39)33(5)42(56)31(3)30-51(8,61-11)46(34(6)43(57)35(7)47(58)63-41)65-49-44(40(54(9)10)29-32(4)62-49)64-48(59)37-22-15-14-16-23-37;1-12-34-45(13-2)37(49(42(54)59-45)23-17-16-18-30-21-22-47-32-20-15-14-19-31(30)32)28(5)35(50)26(3)25-43(7,55-11)39(29(6)38(52)44(8,46)41(53)57-34)58-40-36(51)33(48(9)10)24-27(4)56-40/h14-18,22-27,31-35,40-41,44-46,49H,12-13,19-21,28-30H2,1-11H3;14-15,19-22,26-29,33-34,36-37,39-40,51H,12-13,16-18,23-25H2,1-11H3/t31-,32-,33+,34+,35-,40+,41-,44-,45-,46-,49?,51+,52-;26-,27-,28+,29+,33+,34-,36-,37-,39-,40?,43+,44+,45-/m11/s1. The van der Waals surface area contributed by atoms with E-state index in [4.69, 9.17) is 52.1 Å². The van der Waals surface area contributed by atoms with Crippen molar-refractivity contribution in [2.75, 3.05) is 55.5 Å². The second-order valence-electron chi connectivity index (χ2n) is 36.9. The number of aliphatic hydroxyl groups excluding tert-OH is 1. The molecule has 2 unspecified atom stereocenters. The molecule has 0 spiro atoms. The van der Waals surface area contributed by atoms with Crippen LogP contribution in [0.3, 0.4) is 0 Å². The lowest BCUT2D eigenvalue weighted by Crippen LogP contribution is -2.62. The largest absolute Gasteiger partial charge is 0.457 e. The maximum atomic E-state index is 17.0. The molecule has 28 heteroatoms. The van der Waals surface area contributed by atoms with Crippen LogP contribution in [0.1, 0.15) is 209 Å². The summed E-state index contributed by atoms with van der Waals surface area (Å²) in [7, 11) is 10.4. The lowest BCUT2D eigenvalue weighted by Gasteiger charge is -2.48. The Kier molecular flexibility index (Phi) is 33.1. The van der Waals surface area contributed by atoms with Gasteiger partial charge in [0.2, 0.25) is 0 Å². The van der Waals surface area contributed by atoms with Gasteiger partial charge >= 0.3 is 30.1 Å². The number of aryl methyl sites for hydroxylation is 2. The molecule has 0 saturated carbocycles. The van der Waals surface area contributed by atoms with Crippen LogP contribution >= 0.6 is 0 Å². The third-order valence-corrected chi connectivity index (χ3v) is 27.9. The van der Waals surface area contributed by atoms with E-state index in [1.807, 2.05) is 146 Å². The number of aromatic nitrogens is 2. The van der Waals surface area contributed by atoms with Gasteiger partial charge < -0.3 is 76.8 Å². The Morgan fingerprint density at radius 2 is 0.976 bits per heavy atom. The molecule has 6 aliphatic rings. The fourth-order valence-electron chi connectivity index (χ4n) is 20.8. The van der Waals surface area contributed by atoms with Gasteiger partial charge in [0.05, 0.1) is 70.3 Å². The number of cyclic esters (lactones) is 2. The summed E-state index contributed by atoms with van der Waals surface area (Å²) in [5, 5.41) is 13.6. The highest BCUT2D eigenvalue weighted by Crippen LogP contribution is 2.49. The molecule has 6 fully saturated rings. The summed E-state index contributed by atoms with van der Waals surface area (Å²) < 4.78 is 86.5. The van der Waals surface area contributed by atoms with E-state index in [-0.39, 0.29) is 80.9 Å². The molecule has 688 valence electrons. The molecule has 8 heterocycles. The van der Waals surface area contributed by atoms with Crippen molar-refractivity contribution in [1.29, 1.82) is 0 Å². The number of aliphatic hydroxyl groups is 1. The van der Waals surface area contributed by atoms with Crippen molar-refractivity contribution in [2.45, 2.75) is 314 Å². The molecule has 6 saturated heterocycles. The average Bonchev–Trinajstić information content (AvgIpc) is 1.61. The van der Waals surface area contributed by atoms with Crippen LogP contribution in [-0.2, 0) is 93.7 Å². The van der Waals surface area contributed by atoms with E-state index in [9.17, 15) is 43.5 Å². The molecule has 27 nitrogen and oxygen atoms in total. The number of ether oxygens (including phenoxy) is 11. The number of rotatable bonds is 24. The maximum absolute atomic E-state index is 17.0. The molecule has 1 N–H and O–H groups in total. The molecular weight excluding hydrogens is 1600 g/mol. The smallest absolute Gasteiger partial charge is 0.410 e. The molecule has 0 aliphatic carbocycles. The number of ketones is 4. The number of nitrogens with zero attached hydrogens (tertiary/aromatic N) is 6. The number of amides is 2. The molecule has 11 rings (SSSR count). The van der Waals surface area contributed by atoms with Gasteiger partial charge in [-0.25, -0.2) is 23.6 Å². The van der Waals surface area contributed by atoms with Gasteiger partial charge in [0, 0.05) is 92.0 Å². The quantitative estimate of drug-likeness (QED) is 0.0260. The number of halogens is 1. The molecule has 26 atom stereocenters. The fourth-order valence-corrected chi connectivity index (χ4v) is 20.8. The summed E-state index contributed by atoms with van der Waals surface area (Å²) >= 11 is 0. The fraction of sp³-hybridized carbons (Fsp3) is 0.660. The summed E-state index contributed by atoms with van der Waals surface area (Å²) in [6.07, 6.45) is -1.30. The van der Waals surface area contributed by atoms with Gasteiger partial charge in [-0.3, -0.25) is 33.9 Å². The minimum Gasteiger partial charge on any atom is -0.457 e. The number of Topliss-reactive ketones (excluding diaryl/α,β-unsaturated/α-hetero) is 4. The van der Waals surface area contributed by atoms with Crippen LogP contribution in [0.4, 0.5) is 14.0 Å². The second-order valence-corrected chi connectivity index (χ2v) is 36.9. The highest BCUT2D eigenvalue weighted by Gasteiger charge is 2.65. The van der Waals surface area contributed by atoms with Gasteiger partial charge in [-0.1, -0.05) is 124 Å². The van der Waals surface area contributed by atoms with Gasteiger partial charge in [0.25, 0.3) is 5.67 Å². The van der Waals surface area contributed by atoms with Gasteiger partial charge in [-0.05, 0) is 207 Å². The molecule has 6 aliphatic heterocycles. The Bertz CT molecular complexity index is 4560. The van der Waals surface area contributed by atoms with Crippen LogP contribution < -0.4 is 0 Å². The average molecular weight is 1740 g/mol. The number of hydrogen-bond donors (Lipinski definition) is 1. The Balaban J connectivity index is 0.000000263. The third kappa shape index (κ3) is 20.9. The summed E-state index contributed by atoms with van der Waals surface area (Å²) in [6.45, 7) is 27.7. The van der Waals surface area contributed by atoms with Crippen LogP contribution in [-0.4, -0.2) is 257 Å². The minimum atomic E-state index is -3.17. The number of para-hydroxylation sites is 2. The van der Waals surface area contributed by atoms with E-state index in [1.54, 1.807) is 88.7 Å². The highest BCUT2D eigenvalue weighted by atomic mass is 19.1. The zero-order valence-corrected chi connectivity index (χ0v) is 77.4. The number of benzene rings is 3. The molecule has 125 heavy (non-hydrogen) atoms. The Morgan fingerprint density at radius 3 is 1.43 bits per heavy atom. The van der Waals surface area contributed by atoms with Gasteiger partial charge in [-0.15, -0.1) is 0 Å². The Hall–Kier alpha value is -8.32. The van der Waals surface area contributed by atoms with Gasteiger partial charge in [0.15, 0.2) is 41.5 Å². The number of carbonyl (C=O) groups is 9. The number of fused-ring (bicyclic) bond motifs is 4. The number of esters is 3. The Morgan fingerprint density at radius 1 is 0.544 bits per heavy atom. The van der Waals surface area contributed by atoms with Gasteiger partial charge in [0.1, 0.15) is 35.8 Å². The number of methoxy groups -OCH3 is 2. The van der Waals surface area contributed by atoms with Crippen molar-refractivity contribution in [2.24, 2.45) is 41.4 Å². The van der Waals surface area contributed by atoms with Crippen molar-refractivity contribution >= 4 is 75.0 Å². The number of unbranched alkanes of at least 4 members (excludes halogenated alkanes) is 2. The van der Waals surface area contributed by atoms with E-state index in [0.717, 1.165) is 65.5 Å². The molecule has 0 radical (unpaired) electrons. The summed E-state index contributed by atoms with van der Waals surface area (Å²) in [6, 6.07) is 26.2. The lowest BCUT2D eigenvalue weighted by atomic mass is 9.72. The molecule has 0 bridgehead atoms. The predicted octanol–water partition coefficient (Wildman–Crippen LogP) is 14.3. The second kappa shape index (κ2) is 41.8. The van der Waals surface area contributed by atoms with Crippen molar-refractivity contribution in [3.8, 4) is 0 Å². The van der Waals surface area contributed by atoms with E-state index in [1.165, 1.54) is 28.1 Å². The van der Waals surface area contributed by atoms with E-state index in [0.29, 0.717) is 37.8 Å². The first-order valence-corrected chi connectivity index (χ1v) is 45.1. The molecule has 2 amide bonds. The van der Waals surface area contributed by atoms with Crippen LogP contribution in [0.2, 0.25) is 0 Å². The molecule has 5 aromatic rings. The minimum absolute atomic E-state index is 0.00955. The first-order chi connectivity index (χ1) is 59.2. The van der Waals surface area contributed by atoms with Crippen LogP contribution in [0.15, 0.2) is 103 Å². The molecule has 2 aromatic heterocycles. The molecular formula is C97H137FN6O21. The first kappa shape index (κ1) is 98.9. The van der Waals surface area contributed by atoms with E-state index >= 15 is 9.18 Å². The van der Waals surface area contributed by atoms with Crippen molar-refractivity contribution in [3.05, 3.63) is 120 Å². The number of hydrogen-bond acceptors (Lipinski definition) is 25. The number of alkyl halides is 1. The zero-order valence-electron chi connectivity index (χ0n) is 77.4. The monoisotopic (exact) mass is 1740 g/mol. The van der Waals surface area contributed by atoms with Crippen LogP contribution in [0, 0.1) is 41.4 Å². The van der Waals surface area contributed by atoms with Crippen molar-refractivity contribution < 1.29 is 105 Å². The maximum Gasteiger partial charge on any atom is 0.410 e. The first-order valence-electron chi connectivity index (χ1n) is 45.1. The summed E-state index contributed by atoms with van der Waals surface area (Å²) in [5.74, 6) is -11.4. The zero-order chi connectivity index (χ0) is 91.7. The number of pyridine rings is 2. The molecule has 3 aromatic carbocycles. The highest BCUT2D eigenvalue weighted by molar-refractivity contribution is 6.08. The predicted molar refractivity (Wildman–Crippen MR) is 468 cm³/mol. The van der Waals surface area contributed by atoms with E-state index in [2.05, 4.69) is 16.0 Å². The van der Waals surface area contributed by atoms with Crippen molar-refractivity contribution in [3.63, 3.8) is 0 Å². The Labute approximate surface area is 737 Å². The third-order valence-electron chi connectivity index (χ3n) is 27.9. The lowest BCUT2D eigenvalue weighted by molar-refractivity contribution is -0.295.